The SMILES string of the molecule is Cc1sc2c(c1C)C(=O)CC=N2. The van der Waals surface area contributed by atoms with Gasteiger partial charge in [0.15, 0.2) is 5.78 Å². The van der Waals surface area contributed by atoms with Gasteiger partial charge in [-0.2, -0.15) is 0 Å². The summed E-state index contributed by atoms with van der Waals surface area (Å²) in [6.45, 7) is 4.02. The molecule has 0 saturated carbocycles. The molecule has 3 heteroatoms. The lowest BCUT2D eigenvalue weighted by Crippen LogP contribution is -2.03. The number of thiophene rings is 1. The number of ketones is 1. The molecule has 0 spiro atoms. The van der Waals surface area contributed by atoms with E-state index in [-0.39, 0.29) is 5.78 Å². The van der Waals surface area contributed by atoms with Crippen molar-refractivity contribution in [2.45, 2.75) is 20.3 Å². The number of aryl methyl sites for hydroxylation is 1. The number of Topliss-reactive ketones (excluding diaryl/α,β-unsaturated/α-hetero) is 1. The fourth-order valence-corrected chi connectivity index (χ4v) is 2.38. The lowest BCUT2D eigenvalue weighted by Gasteiger charge is -2.02. The summed E-state index contributed by atoms with van der Waals surface area (Å²) in [5.74, 6) is 0.210. The predicted octanol–water partition coefficient (Wildman–Crippen LogP) is 2.65. The zero-order valence-corrected chi connectivity index (χ0v) is 7.86. The quantitative estimate of drug-likeness (QED) is 0.602. The zero-order valence-electron chi connectivity index (χ0n) is 7.05. The Morgan fingerprint density at radius 2 is 2.25 bits per heavy atom. The maximum Gasteiger partial charge on any atom is 0.171 e. The van der Waals surface area contributed by atoms with Crippen molar-refractivity contribution < 1.29 is 4.79 Å². The Hall–Kier alpha value is -0.960. The molecule has 0 aliphatic carbocycles. The molecule has 0 atom stereocenters. The standard InChI is InChI=1S/C9H9NOS/c1-5-6(2)12-9-8(5)7(11)3-4-10-9/h4H,3H2,1-2H3. The number of carbonyl (C=O) groups excluding carboxylic acids is 1. The van der Waals surface area contributed by atoms with Crippen LogP contribution in [0.2, 0.25) is 0 Å². The summed E-state index contributed by atoms with van der Waals surface area (Å²) in [6, 6.07) is 0. The van der Waals surface area contributed by atoms with Crippen molar-refractivity contribution in [3.63, 3.8) is 0 Å². The van der Waals surface area contributed by atoms with E-state index in [0.717, 1.165) is 16.1 Å². The van der Waals surface area contributed by atoms with Gasteiger partial charge in [0.2, 0.25) is 0 Å². The molecule has 2 rings (SSSR count). The van der Waals surface area contributed by atoms with Gasteiger partial charge in [-0.15, -0.1) is 11.3 Å². The molecule has 1 aromatic heterocycles. The van der Waals surface area contributed by atoms with Crippen LogP contribution < -0.4 is 0 Å². The number of hydrogen-bond donors (Lipinski definition) is 0. The number of rotatable bonds is 0. The van der Waals surface area contributed by atoms with Gasteiger partial charge < -0.3 is 0 Å². The van der Waals surface area contributed by atoms with Crippen LogP contribution in [0.1, 0.15) is 27.2 Å². The van der Waals surface area contributed by atoms with Crippen LogP contribution in [0.4, 0.5) is 5.00 Å². The van der Waals surface area contributed by atoms with Crippen molar-refractivity contribution in [3.8, 4) is 0 Å². The maximum absolute atomic E-state index is 11.4. The second-order valence-electron chi connectivity index (χ2n) is 2.90. The van der Waals surface area contributed by atoms with Gasteiger partial charge in [-0.25, -0.2) is 4.99 Å². The highest BCUT2D eigenvalue weighted by Crippen LogP contribution is 2.36. The number of aliphatic imine (C=N–C) groups is 1. The van der Waals surface area contributed by atoms with Crippen LogP contribution in [0.5, 0.6) is 0 Å². The number of carbonyl (C=O) groups is 1. The molecule has 12 heavy (non-hydrogen) atoms. The summed E-state index contributed by atoms with van der Waals surface area (Å²) in [5.41, 5.74) is 1.96. The Kier molecular flexibility index (Phi) is 1.61. The molecule has 0 N–H and O–H groups in total. The van der Waals surface area contributed by atoms with Crippen LogP contribution in [-0.4, -0.2) is 12.0 Å². The van der Waals surface area contributed by atoms with Gasteiger partial charge in [-0.1, -0.05) is 0 Å². The Labute approximate surface area is 74.9 Å². The van der Waals surface area contributed by atoms with E-state index >= 15 is 0 Å². The highest BCUT2D eigenvalue weighted by Gasteiger charge is 2.20. The van der Waals surface area contributed by atoms with Gasteiger partial charge >= 0.3 is 0 Å². The van der Waals surface area contributed by atoms with Gasteiger partial charge in [-0.3, -0.25) is 4.79 Å². The molecule has 0 fully saturated rings. The number of fused-ring (bicyclic) bond motifs is 1. The average Bonchev–Trinajstić information content (AvgIpc) is 2.29. The van der Waals surface area contributed by atoms with Crippen LogP contribution in [0.15, 0.2) is 4.99 Å². The molecule has 0 unspecified atom stereocenters. The van der Waals surface area contributed by atoms with E-state index in [4.69, 9.17) is 0 Å². The minimum Gasteiger partial charge on any atom is -0.294 e. The highest BCUT2D eigenvalue weighted by atomic mass is 32.1. The molecule has 2 nitrogen and oxygen atoms in total. The van der Waals surface area contributed by atoms with Crippen molar-refractivity contribution in [3.05, 3.63) is 16.0 Å². The van der Waals surface area contributed by atoms with E-state index in [0.29, 0.717) is 6.42 Å². The van der Waals surface area contributed by atoms with Crippen molar-refractivity contribution in [1.82, 2.24) is 0 Å². The molecule has 1 aliphatic heterocycles. The molecule has 62 valence electrons. The first-order valence-corrected chi connectivity index (χ1v) is 4.67. The van der Waals surface area contributed by atoms with Crippen molar-refractivity contribution in [1.29, 1.82) is 0 Å². The molecule has 1 aromatic rings. The fourth-order valence-electron chi connectivity index (χ4n) is 1.34. The van der Waals surface area contributed by atoms with E-state index in [1.54, 1.807) is 17.6 Å². The Balaban J connectivity index is 2.70. The summed E-state index contributed by atoms with van der Waals surface area (Å²) >= 11 is 1.60. The van der Waals surface area contributed by atoms with Gasteiger partial charge in [-0.05, 0) is 19.4 Å². The van der Waals surface area contributed by atoms with Crippen LogP contribution in [0.3, 0.4) is 0 Å². The molecule has 0 saturated heterocycles. The van der Waals surface area contributed by atoms with E-state index < -0.39 is 0 Å². The van der Waals surface area contributed by atoms with E-state index in [1.807, 2.05) is 13.8 Å². The summed E-state index contributed by atoms with van der Waals surface area (Å²) in [6.07, 6.45) is 2.16. The summed E-state index contributed by atoms with van der Waals surface area (Å²) < 4.78 is 0. The average molecular weight is 179 g/mol. The number of nitrogens with zero attached hydrogens (tertiary/aromatic N) is 1. The summed E-state index contributed by atoms with van der Waals surface area (Å²) in [4.78, 5) is 16.8. The van der Waals surface area contributed by atoms with Crippen LogP contribution >= 0.6 is 11.3 Å². The molecule has 0 radical (unpaired) electrons. The molecular weight excluding hydrogens is 170 g/mol. The van der Waals surface area contributed by atoms with Crippen molar-refractivity contribution in [2.24, 2.45) is 4.99 Å². The van der Waals surface area contributed by atoms with E-state index in [2.05, 4.69) is 4.99 Å². The third-order valence-corrected chi connectivity index (χ3v) is 3.25. The molecule has 1 aliphatic rings. The van der Waals surface area contributed by atoms with Crippen LogP contribution in [-0.2, 0) is 0 Å². The fraction of sp³-hybridized carbons (Fsp3) is 0.333. The first-order valence-electron chi connectivity index (χ1n) is 3.86. The van der Waals surface area contributed by atoms with Gasteiger partial charge in [0.05, 0.1) is 5.56 Å². The minimum atomic E-state index is 0.210. The molecule has 0 bridgehead atoms. The third-order valence-electron chi connectivity index (χ3n) is 2.13. The Morgan fingerprint density at radius 1 is 1.50 bits per heavy atom. The zero-order chi connectivity index (χ0) is 8.72. The number of hydrogen-bond acceptors (Lipinski definition) is 3. The molecule has 2 heterocycles. The first-order chi connectivity index (χ1) is 5.70. The second kappa shape index (κ2) is 2.52. The van der Waals surface area contributed by atoms with Gasteiger partial charge in [0.1, 0.15) is 5.00 Å². The second-order valence-corrected chi connectivity index (χ2v) is 4.11. The monoisotopic (exact) mass is 179 g/mol. The van der Waals surface area contributed by atoms with Gasteiger partial charge in [0, 0.05) is 17.5 Å². The smallest absolute Gasteiger partial charge is 0.171 e. The van der Waals surface area contributed by atoms with Crippen LogP contribution in [0, 0.1) is 13.8 Å². The molecule has 0 amide bonds. The Bertz CT molecular complexity index is 376. The largest absolute Gasteiger partial charge is 0.294 e. The predicted molar refractivity (Wildman–Crippen MR) is 50.9 cm³/mol. The van der Waals surface area contributed by atoms with Crippen molar-refractivity contribution in [2.75, 3.05) is 0 Å². The minimum absolute atomic E-state index is 0.210. The topological polar surface area (TPSA) is 29.4 Å². The normalized spacial score (nSPS) is 15.0. The Morgan fingerprint density at radius 3 is 2.92 bits per heavy atom. The summed E-state index contributed by atoms with van der Waals surface area (Å²) in [5, 5.41) is 0.890. The maximum atomic E-state index is 11.4. The highest BCUT2D eigenvalue weighted by molar-refractivity contribution is 7.16. The first kappa shape index (κ1) is 7.68. The van der Waals surface area contributed by atoms with E-state index in [1.165, 1.54) is 4.88 Å². The van der Waals surface area contributed by atoms with E-state index in [9.17, 15) is 4.79 Å². The third kappa shape index (κ3) is 0.932. The van der Waals surface area contributed by atoms with Crippen molar-refractivity contribution >= 4 is 28.3 Å². The van der Waals surface area contributed by atoms with Crippen LogP contribution in [0.25, 0.3) is 0 Å². The molecular formula is C9H9NOS. The van der Waals surface area contributed by atoms with Gasteiger partial charge in [0.25, 0.3) is 0 Å². The lowest BCUT2D eigenvalue weighted by molar-refractivity contribution is 0.100. The summed E-state index contributed by atoms with van der Waals surface area (Å²) in [7, 11) is 0. The molecule has 0 aromatic carbocycles. The lowest BCUT2D eigenvalue weighted by atomic mass is 10.0.